The Bertz CT molecular complexity index is 1090. The number of carbonyl (C=O) groups excluding carboxylic acids is 2. The fraction of sp³-hybridized carbons (Fsp3) is 0.259. The number of amides is 2. The summed E-state index contributed by atoms with van der Waals surface area (Å²) in [7, 11) is 0. The van der Waals surface area contributed by atoms with Gasteiger partial charge < -0.3 is 10.2 Å². The van der Waals surface area contributed by atoms with E-state index >= 15 is 0 Å². The molecule has 172 valence electrons. The van der Waals surface area contributed by atoms with E-state index in [1.165, 1.54) is 0 Å². The molecule has 1 atom stereocenters. The normalized spacial score (nSPS) is 11.8. The van der Waals surface area contributed by atoms with Crippen LogP contribution in [0.2, 0.25) is 5.02 Å². The van der Waals surface area contributed by atoms with Crippen LogP contribution >= 0.6 is 27.5 Å². The van der Waals surface area contributed by atoms with E-state index in [2.05, 4.69) is 21.2 Å². The zero-order valence-corrected chi connectivity index (χ0v) is 21.1. The maximum absolute atomic E-state index is 13.7. The first kappa shape index (κ1) is 25.0. The third-order valence-corrected chi connectivity index (χ3v) is 6.11. The van der Waals surface area contributed by atoms with Crippen molar-refractivity contribution in [2.24, 2.45) is 0 Å². The Hall–Kier alpha value is -2.63. The van der Waals surface area contributed by atoms with Crippen molar-refractivity contribution < 1.29 is 9.59 Å². The molecular formula is C27H28BrClN2O2. The third-order valence-electron chi connectivity index (χ3n) is 5.24. The Labute approximate surface area is 209 Å². The first-order chi connectivity index (χ1) is 15.8. The number of nitrogens with zero attached hydrogens (tertiary/aromatic N) is 1. The van der Waals surface area contributed by atoms with Gasteiger partial charge in [-0.15, -0.1) is 0 Å². The minimum atomic E-state index is -0.663. The van der Waals surface area contributed by atoms with Crippen LogP contribution < -0.4 is 5.32 Å². The second-order valence-electron chi connectivity index (χ2n) is 8.29. The molecule has 0 aliphatic carbocycles. The number of rotatable bonds is 9. The lowest BCUT2D eigenvalue weighted by Crippen LogP contribution is -2.52. The molecule has 4 nitrogen and oxygen atoms in total. The van der Waals surface area contributed by atoms with Crippen LogP contribution in [0.25, 0.3) is 0 Å². The Balaban J connectivity index is 1.98. The van der Waals surface area contributed by atoms with Gasteiger partial charge in [-0.2, -0.15) is 0 Å². The molecule has 0 bridgehead atoms. The van der Waals surface area contributed by atoms with Crippen LogP contribution in [-0.4, -0.2) is 28.8 Å². The molecule has 0 radical (unpaired) electrons. The van der Waals surface area contributed by atoms with Crippen molar-refractivity contribution in [3.8, 4) is 0 Å². The smallest absolute Gasteiger partial charge is 0.243 e. The molecule has 6 heteroatoms. The van der Waals surface area contributed by atoms with Crippen molar-refractivity contribution in [1.82, 2.24) is 10.2 Å². The molecule has 0 aliphatic heterocycles. The monoisotopic (exact) mass is 526 g/mol. The molecule has 1 unspecified atom stereocenters. The van der Waals surface area contributed by atoms with E-state index in [1.54, 1.807) is 11.0 Å². The van der Waals surface area contributed by atoms with Gasteiger partial charge in [-0.3, -0.25) is 9.59 Å². The van der Waals surface area contributed by atoms with Crippen molar-refractivity contribution in [1.29, 1.82) is 0 Å². The molecule has 0 heterocycles. The second-order valence-corrected chi connectivity index (χ2v) is 9.61. The van der Waals surface area contributed by atoms with Crippen molar-refractivity contribution in [3.63, 3.8) is 0 Å². The van der Waals surface area contributed by atoms with Crippen LogP contribution in [0.5, 0.6) is 0 Å². The molecule has 3 aromatic rings. The summed E-state index contributed by atoms with van der Waals surface area (Å²) in [6.07, 6.45) is 0.537. The lowest BCUT2D eigenvalue weighted by Gasteiger charge is -2.32. The largest absolute Gasteiger partial charge is 0.352 e. The molecule has 3 rings (SSSR count). The van der Waals surface area contributed by atoms with Gasteiger partial charge in [0, 0.05) is 28.5 Å². The van der Waals surface area contributed by atoms with Crippen LogP contribution in [0.15, 0.2) is 83.3 Å². The van der Waals surface area contributed by atoms with E-state index in [0.717, 1.165) is 21.2 Å². The number of carbonyl (C=O) groups is 2. The van der Waals surface area contributed by atoms with Crippen molar-refractivity contribution in [2.45, 2.75) is 45.3 Å². The minimum Gasteiger partial charge on any atom is -0.352 e. The van der Waals surface area contributed by atoms with Crippen LogP contribution in [0.3, 0.4) is 0 Å². The Morgan fingerprint density at radius 3 is 2.27 bits per heavy atom. The van der Waals surface area contributed by atoms with E-state index < -0.39 is 6.04 Å². The number of halogens is 2. The van der Waals surface area contributed by atoms with E-state index in [0.29, 0.717) is 18.0 Å². The highest BCUT2D eigenvalue weighted by atomic mass is 79.9. The van der Waals surface area contributed by atoms with Crippen LogP contribution in [0.4, 0.5) is 0 Å². The predicted molar refractivity (Wildman–Crippen MR) is 137 cm³/mol. The summed E-state index contributed by atoms with van der Waals surface area (Å²) in [5, 5.41) is 3.54. The molecule has 3 aromatic carbocycles. The van der Waals surface area contributed by atoms with Gasteiger partial charge in [0.05, 0.1) is 6.42 Å². The van der Waals surface area contributed by atoms with Gasteiger partial charge in [0.25, 0.3) is 0 Å². The maximum atomic E-state index is 13.7. The van der Waals surface area contributed by atoms with Gasteiger partial charge in [0.15, 0.2) is 0 Å². The highest BCUT2D eigenvalue weighted by Gasteiger charge is 2.31. The summed E-state index contributed by atoms with van der Waals surface area (Å²) in [5.41, 5.74) is 2.67. The zero-order chi connectivity index (χ0) is 23.8. The summed E-state index contributed by atoms with van der Waals surface area (Å²) in [6.45, 7) is 4.15. The molecule has 0 aliphatic rings. The lowest BCUT2D eigenvalue weighted by molar-refractivity contribution is -0.141. The molecule has 0 saturated heterocycles. The van der Waals surface area contributed by atoms with Gasteiger partial charge in [0.1, 0.15) is 6.04 Å². The van der Waals surface area contributed by atoms with Gasteiger partial charge in [-0.1, -0.05) is 88.2 Å². The Morgan fingerprint density at radius 2 is 1.61 bits per heavy atom. The summed E-state index contributed by atoms with van der Waals surface area (Å²) in [6, 6.07) is 24.2. The Morgan fingerprint density at radius 1 is 0.939 bits per heavy atom. The summed E-state index contributed by atoms with van der Waals surface area (Å²) < 4.78 is 0.921. The van der Waals surface area contributed by atoms with Crippen molar-refractivity contribution in [2.75, 3.05) is 0 Å². The van der Waals surface area contributed by atoms with Gasteiger partial charge in [0.2, 0.25) is 11.8 Å². The molecule has 1 N–H and O–H groups in total. The predicted octanol–water partition coefficient (Wildman–Crippen LogP) is 5.81. The highest BCUT2D eigenvalue weighted by molar-refractivity contribution is 9.10. The van der Waals surface area contributed by atoms with E-state index in [1.807, 2.05) is 86.6 Å². The summed E-state index contributed by atoms with van der Waals surface area (Å²) in [4.78, 5) is 28.7. The number of hydrogen-bond acceptors (Lipinski definition) is 2. The molecular weight excluding hydrogens is 500 g/mol. The molecule has 0 saturated carbocycles. The summed E-state index contributed by atoms with van der Waals surface area (Å²) in [5.74, 6) is -0.320. The Kier molecular flexibility index (Phi) is 9.10. The number of benzene rings is 3. The standard InChI is InChI=1S/C27H28BrClN2O2/c1-19(2)30-27(33)25(16-20-9-4-3-5-10-20)31(18-21-11-8-13-23(28)15-21)26(32)17-22-12-6-7-14-24(22)29/h3-15,19,25H,16-18H2,1-2H3,(H,30,33). The maximum Gasteiger partial charge on any atom is 0.243 e. The van der Waals surface area contributed by atoms with Gasteiger partial charge >= 0.3 is 0 Å². The number of hydrogen-bond donors (Lipinski definition) is 1. The lowest BCUT2D eigenvalue weighted by atomic mass is 10.0. The van der Waals surface area contributed by atoms with Crippen molar-refractivity contribution in [3.05, 3.63) is 105 Å². The minimum absolute atomic E-state index is 0.0397. The average Bonchev–Trinajstić information content (AvgIpc) is 2.78. The first-order valence-corrected chi connectivity index (χ1v) is 12.1. The SMILES string of the molecule is CC(C)NC(=O)C(Cc1ccccc1)N(Cc1cccc(Br)c1)C(=O)Cc1ccccc1Cl. The van der Waals surface area contributed by atoms with E-state index in [-0.39, 0.29) is 24.3 Å². The summed E-state index contributed by atoms with van der Waals surface area (Å²) >= 11 is 9.84. The highest BCUT2D eigenvalue weighted by Crippen LogP contribution is 2.21. The number of nitrogens with one attached hydrogen (secondary N) is 1. The topological polar surface area (TPSA) is 49.4 Å². The van der Waals surface area contributed by atoms with Crippen LogP contribution in [0.1, 0.15) is 30.5 Å². The van der Waals surface area contributed by atoms with Crippen molar-refractivity contribution >= 4 is 39.3 Å². The molecule has 0 spiro atoms. The fourth-order valence-electron chi connectivity index (χ4n) is 3.67. The molecule has 33 heavy (non-hydrogen) atoms. The molecule has 2 amide bonds. The second kappa shape index (κ2) is 12.0. The fourth-order valence-corrected chi connectivity index (χ4v) is 4.32. The van der Waals surface area contributed by atoms with Crippen LogP contribution in [-0.2, 0) is 29.0 Å². The zero-order valence-electron chi connectivity index (χ0n) is 18.8. The third kappa shape index (κ3) is 7.44. The average molecular weight is 528 g/mol. The first-order valence-electron chi connectivity index (χ1n) is 10.9. The molecule has 0 aromatic heterocycles. The quantitative estimate of drug-likeness (QED) is 0.382. The van der Waals surface area contributed by atoms with Gasteiger partial charge in [-0.05, 0) is 48.7 Å². The van der Waals surface area contributed by atoms with E-state index in [4.69, 9.17) is 11.6 Å². The van der Waals surface area contributed by atoms with Gasteiger partial charge in [-0.25, -0.2) is 0 Å². The van der Waals surface area contributed by atoms with E-state index in [9.17, 15) is 9.59 Å². The molecule has 0 fully saturated rings. The van der Waals surface area contributed by atoms with Crippen LogP contribution in [0, 0.1) is 0 Å².